The van der Waals surface area contributed by atoms with Crippen LogP contribution in [0.1, 0.15) is 50.6 Å². The van der Waals surface area contributed by atoms with Gasteiger partial charge in [0.15, 0.2) is 17.1 Å². The minimum Gasteiger partial charge on any atom is -0.457 e. The Bertz CT molecular complexity index is 1290. The third-order valence-corrected chi connectivity index (χ3v) is 11.0. The van der Waals surface area contributed by atoms with E-state index < -0.39 is 69.0 Å². The number of carbonyl (C=O) groups is 3. The highest BCUT2D eigenvalue weighted by atomic mass is 32.2. The largest absolute Gasteiger partial charge is 0.457 e. The van der Waals surface area contributed by atoms with Crippen LogP contribution in [-0.2, 0) is 14.3 Å². The third-order valence-electron chi connectivity index (χ3n) is 10.0. The Morgan fingerprint density at radius 2 is 2.00 bits per heavy atom. The van der Waals surface area contributed by atoms with E-state index in [0.717, 1.165) is 17.8 Å². The Hall–Kier alpha value is -2.56. The fourth-order valence-electron chi connectivity index (χ4n) is 8.18. The molecule has 2 N–H and O–H groups in total. The zero-order valence-corrected chi connectivity index (χ0v) is 23.5. The molecule has 9 atom stereocenters. The molecule has 0 radical (unpaired) electrons. The number of thioether (sulfide) groups is 1. The normalized spacial score (nSPS) is 42.2. The number of halogens is 2. The summed E-state index contributed by atoms with van der Waals surface area (Å²) in [6.07, 6.45) is 4.64. The molecule has 0 bridgehead atoms. The second kappa shape index (κ2) is 10.1. The molecule has 7 nitrogen and oxygen atoms in total. The molecule has 216 valence electrons. The molecule has 0 aromatic carbocycles. The number of allylic oxidation sites excluding steroid dienone is 4. The van der Waals surface area contributed by atoms with Gasteiger partial charge < -0.3 is 19.4 Å². The number of ketones is 1. The highest BCUT2D eigenvalue weighted by Crippen LogP contribution is 2.72. The van der Waals surface area contributed by atoms with E-state index >= 15 is 8.78 Å². The van der Waals surface area contributed by atoms with Gasteiger partial charge in [-0.25, -0.2) is 13.6 Å². The van der Waals surface area contributed by atoms with Gasteiger partial charge in [-0.05, 0) is 62.0 Å². The van der Waals surface area contributed by atoms with E-state index in [1.165, 1.54) is 43.5 Å². The van der Waals surface area contributed by atoms with E-state index in [2.05, 4.69) is 0 Å². The molecule has 1 heterocycles. The second-order valence-corrected chi connectivity index (χ2v) is 12.8. The van der Waals surface area contributed by atoms with Crippen LogP contribution in [0.25, 0.3) is 0 Å². The SMILES string of the molecule is C[C@@H]1CC2C3C[C@H](F)C4=CC(=O)C=C[C@]4(C)[C@@]3(F)[C@@H](O)C[C@]2(C)[C@@]1(OC(=O)c1ccco1)C(=O)SC/C=C\CO. The summed E-state index contributed by atoms with van der Waals surface area (Å²) in [5, 5.41) is 20.2. The zero-order chi connectivity index (χ0) is 29.1. The Morgan fingerprint density at radius 3 is 2.67 bits per heavy atom. The van der Waals surface area contributed by atoms with Gasteiger partial charge in [0, 0.05) is 28.4 Å². The number of carbonyl (C=O) groups excluding carboxylic acids is 3. The number of furan rings is 1. The molecule has 1 aromatic rings. The van der Waals surface area contributed by atoms with Crippen molar-refractivity contribution in [3.05, 3.63) is 60.1 Å². The van der Waals surface area contributed by atoms with Crippen LogP contribution in [0.2, 0.25) is 0 Å². The number of aliphatic hydroxyl groups is 2. The molecule has 4 aliphatic rings. The molecule has 4 aliphatic carbocycles. The van der Waals surface area contributed by atoms with E-state index in [1.54, 1.807) is 19.9 Å². The van der Waals surface area contributed by atoms with Crippen molar-refractivity contribution in [3.63, 3.8) is 0 Å². The fourth-order valence-corrected chi connectivity index (χ4v) is 9.26. The lowest BCUT2D eigenvalue weighted by Crippen LogP contribution is -2.70. The average molecular weight is 577 g/mol. The van der Waals surface area contributed by atoms with Gasteiger partial charge in [-0.1, -0.05) is 43.8 Å². The maximum absolute atomic E-state index is 17.5. The number of hydrogen-bond acceptors (Lipinski definition) is 8. The van der Waals surface area contributed by atoms with Crippen molar-refractivity contribution in [2.24, 2.45) is 28.6 Å². The molecular weight excluding hydrogens is 542 g/mol. The van der Waals surface area contributed by atoms with Crippen molar-refractivity contribution in [2.75, 3.05) is 12.4 Å². The number of esters is 1. The Labute approximate surface area is 235 Å². The molecule has 2 unspecified atom stereocenters. The number of alkyl halides is 2. The van der Waals surface area contributed by atoms with Crippen molar-refractivity contribution in [3.8, 4) is 0 Å². The predicted octanol–water partition coefficient (Wildman–Crippen LogP) is 4.55. The van der Waals surface area contributed by atoms with Crippen LogP contribution in [-0.4, -0.2) is 63.0 Å². The summed E-state index contributed by atoms with van der Waals surface area (Å²) in [6.45, 7) is 4.80. The van der Waals surface area contributed by atoms with Gasteiger partial charge in [-0.15, -0.1) is 0 Å². The van der Waals surface area contributed by atoms with Gasteiger partial charge in [0.05, 0.1) is 19.0 Å². The number of aliphatic hydroxyl groups excluding tert-OH is 2. The predicted molar refractivity (Wildman–Crippen MR) is 144 cm³/mol. The van der Waals surface area contributed by atoms with Crippen molar-refractivity contribution in [1.29, 1.82) is 0 Å². The molecule has 1 aromatic heterocycles. The number of fused-ring (bicyclic) bond motifs is 5. The lowest BCUT2D eigenvalue weighted by atomic mass is 9.44. The number of hydrogen-bond donors (Lipinski definition) is 2. The summed E-state index contributed by atoms with van der Waals surface area (Å²) < 4.78 is 44.6. The van der Waals surface area contributed by atoms with Crippen LogP contribution < -0.4 is 0 Å². The van der Waals surface area contributed by atoms with E-state index in [9.17, 15) is 19.5 Å². The monoisotopic (exact) mass is 576 g/mol. The van der Waals surface area contributed by atoms with Gasteiger partial charge in [-0.3, -0.25) is 9.59 Å². The average Bonchev–Trinajstić information content (AvgIpc) is 3.52. The van der Waals surface area contributed by atoms with Crippen LogP contribution in [0.3, 0.4) is 0 Å². The molecule has 40 heavy (non-hydrogen) atoms. The molecule has 0 aliphatic heterocycles. The summed E-state index contributed by atoms with van der Waals surface area (Å²) in [5.41, 5.74) is -6.88. The van der Waals surface area contributed by atoms with Crippen LogP contribution in [0, 0.1) is 28.6 Å². The van der Waals surface area contributed by atoms with E-state index in [4.69, 9.17) is 14.3 Å². The molecule has 10 heteroatoms. The summed E-state index contributed by atoms with van der Waals surface area (Å²) in [4.78, 5) is 39.5. The lowest BCUT2D eigenvalue weighted by Gasteiger charge is -2.63. The Morgan fingerprint density at radius 1 is 1.25 bits per heavy atom. The Balaban J connectivity index is 1.61. The van der Waals surface area contributed by atoms with Crippen LogP contribution in [0.4, 0.5) is 8.78 Å². The van der Waals surface area contributed by atoms with Gasteiger partial charge in [0.1, 0.15) is 6.17 Å². The summed E-state index contributed by atoms with van der Waals surface area (Å²) in [6, 6.07) is 2.93. The molecule has 3 fully saturated rings. The van der Waals surface area contributed by atoms with E-state index in [0.29, 0.717) is 0 Å². The minimum atomic E-state index is -2.32. The van der Waals surface area contributed by atoms with E-state index in [-0.39, 0.29) is 43.0 Å². The van der Waals surface area contributed by atoms with Gasteiger partial charge in [0.25, 0.3) is 0 Å². The second-order valence-electron chi connectivity index (χ2n) is 11.9. The molecule has 0 spiro atoms. The van der Waals surface area contributed by atoms with Gasteiger partial charge in [0.2, 0.25) is 10.9 Å². The lowest BCUT2D eigenvalue weighted by molar-refractivity contribution is -0.221. The van der Waals surface area contributed by atoms with Crippen molar-refractivity contribution in [1.82, 2.24) is 0 Å². The smallest absolute Gasteiger partial charge is 0.375 e. The number of ether oxygens (including phenoxy) is 1. The molecule has 3 saturated carbocycles. The van der Waals surface area contributed by atoms with Crippen molar-refractivity contribution < 1.29 is 42.5 Å². The van der Waals surface area contributed by atoms with Gasteiger partial charge in [-0.2, -0.15) is 0 Å². The highest BCUT2D eigenvalue weighted by molar-refractivity contribution is 8.14. The first-order valence-corrected chi connectivity index (χ1v) is 14.5. The topological polar surface area (TPSA) is 114 Å². The first-order valence-electron chi connectivity index (χ1n) is 13.5. The number of rotatable bonds is 6. The first kappa shape index (κ1) is 29.0. The summed E-state index contributed by atoms with van der Waals surface area (Å²) >= 11 is 0.906. The quantitative estimate of drug-likeness (QED) is 0.375. The maximum atomic E-state index is 17.5. The van der Waals surface area contributed by atoms with Crippen molar-refractivity contribution in [2.45, 2.75) is 63.6 Å². The van der Waals surface area contributed by atoms with E-state index in [1.807, 2.05) is 0 Å². The minimum absolute atomic E-state index is 0.0188. The van der Waals surface area contributed by atoms with Crippen LogP contribution in [0.15, 0.2) is 58.8 Å². The summed E-state index contributed by atoms with van der Waals surface area (Å²) in [5.74, 6) is -3.43. The van der Waals surface area contributed by atoms with Crippen molar-refractivity contribution >= 4 is 28.6 Å². The summed E-state index contributed by atoms with van der Waals surface area (Å²) in [7, 11) is 0. The standard InChI is InChI=1S/C30H34F2O7S/c1-17-13-19-20-15-22(31)21-14-18(34)8-9-27(21,2)29(20,32)24(35)16-28(19,3)30(17,26(37)40-12-5-4-10-33)39-25(36)23-7-6-11-38-23/h4-9,11,14,17,19-20,22,24,33,35H,10,12-13,15-16H2,1-3H3/b5-4-/t17-,19?,20?,22+,24+,27+,28+,29+,30+/m1/s1. The highest BCUT2D eigenvalue weighted by Gasteiger charge is 2.78. The van der Waals surface area contributed by atoms with Crippen LogP contribution >= 0.6 is 11.8 Å². The molecule has 0 saturated heterocycles. The van der Waals surface area contributed by atoms with Crippen LogP contribution in [0.5, 0.6) is 0 Å². The third kappa shape index (κ3) is 3.85. The molecule has 0 amide bonds. The maximum Gasteiger partial charge on any atom is 0.375 e. The molecular formula is C30H34F2O7S. The zero-order valence-electron chi connectivity index (χ0n) is 22.6. The molecule has 5 rings (SSSR count). The fraction of sp³-hybridized carbons (Fsp3) is 0.567. The first-order chi connectivity index (χ1) is 18.9. The Kier molecular flexibility index (Phi) is 7.28. The van der Waals surface area contributed by atoms with Gasteiger partial charge >= 0.3 is 5.97 Å².